The molecule has 0 aromatic heterocycles. The summed E-state index contributed by atoms with van der Waals surface area (Å²) in [6.07, 6.45) is -3.19. The number of halogens is 3. The number of anilines is 1. The van der Waals surface area contributed by atoms with Crippen LogP contribution in [-0.2, 0) is 6.18 Å². The Balaban J connectivity index is 2.80. The predicted molar refractivity (Wildman–Crippen MR) is 73.3 cm³/mol. The largest absolute Gasteiger partial charge is 0.416 e. The van der Waals surface area contributed by atoms with E-state index >= 15 is 0 Å². The molecule has 20 heavy (non-hydrogen) atoms. The Morgan fingerprint density at radius 3 is 2.45 bits per heavy atom. The van der Waals surface area contributed by atoms with Crippen molar-refractivity contribution in [2.75, 3.05) is 11.9 Å². The first-order chi connectivity index (χ1) is 9.15. The average Bonchev–Trinajstić information content (AvgIpc) is 2.34. The number of nitrogens with zero attached hydrogens (tertiary/aromatic N) is 1. The van der Waals surface area contributed by atoms with E-state index in [4.69, 9.17) is 5.26 Å². The molecule has 110 valence electrons. The van der Waals surface area contributed by atoms with Gasteiger partial charge in [-0.15, -0.1) is 0 Å². The van der Waals surface area contributed by atoms with Crippen molar-refractivity contribution in [3.8, 4) is 6.07 Å². The summed E-state index contributed by atoms with van der Waals surface area (Å²) in [6.45, 7) is 6.27. The second kappa shape index (κ2) is 6.17. The molecule has 0 atom stereocenters. The Hall–Kier alpha value is -1.70. The molecule has 0 spiro atoms. The van der Waals surface area contributed by atoms with Crippen molar-refractivity contribution < 1.29 is 13.2 Å². The van der Waals surface area contributed by atoms with Gasteiger partial charge in [-0.2, -0.15) is 18.4 Å². The van der Waals surface area contributed by atoms with Gasteiger partial charge in [0.15, 0.2) is 0 Å². The summed E-state index contributed by atoms with van der Waals surface area (Å²) >= 11 is 0. The molecule has 0 fully saturated rings. The molecular formula is C15H19F3N2. The van der Waals surface area contributed by atoms with Crippen LogP contribution in [0, 0.1) is 23.7 Å². The van der Waals surface area contributed by atoms with Crippen LogP contribution in [0.3, 0.4) is 0 Å². The molecule has 0 aliphatic heterocycles. The highest BCUT2D eigenvalue weighted by Crippen LogP contribution is 2.32. The van der Waals surface area contributed by atoms with Crippen molar-refractivity contribution in [3.05, 3.63) is 29.3 Å². The van der Waals surface area contributed by atoms with Gasteiger partial charge >= 0.3 is 6.18 Å². The van der Waals surface area contributed by atoms with Crippen LogP contribution in [0.25, 0.3) is 0 Å². The van der Waals surface area contributed by atoms with Crippen LogP contribution in [0.5, 0.6) is 0 Å². The smallest absolute Gasteiger partial charge is 0.384 e. The summed E-state index contributed by atoms with van der Waals surface area (Å²) in [5.41, 5.74) is 0.468. The maximum absolute atomic E-state index is 12.7. The molecule has 1 N–H and O–H groups in total. The molecular weight excluding hydrogens is 265 g/mol. The van der Waals surface area contributed by atoms with E-state index in [0.29, 0.717) is 25.1 Å². The number of aryl methyl sites for hydroxylation is 1. The lowest BCUT2D eigenvalue weighted by Crippen LogP contribution is -2.23. The fourth-order valence-electron chi connectivity index (χ4n) is 1.81. The quantitative estimate of drug-likeness (QED) is 0.846. The number of benzene rings is 1. The lowest BCUT2D eigenvalue weighted by Gasteiger charge is -2.25. The van der Waals surface area contributed by atoms with Crippen LogP contribution in [-0.4, -0.2) is 6.54 Å². The van der Waals surface area contributed by atoms with Gasteiger partial charge in [0.2, 0.25) is 0 Å². The molecule has 0 amide bonds. The van der Waals surface area contributed by atoms with Crippen LogP contribution in [0.1, 0.15) is 37.8 Å². The van der Waals surface area contributed by atoms with E-state index in [1.807, 2.05) is 13.8 Å². The number of nitrogens with one attached hydrogen (secondary N) is 1. The van der Waals surface area contributed by atoms with Gasteiger partial charge in [-0.3, -0.25) is 0 Å². The van der Waals surface area contributed by atoms with Crippen LogP contribution in [0.2, 0.25) is 0 Å². The van der Waals surface area contributed by atoms with E-state index in [9.17, 15) is 13.2 Å². The van der Waals surface area contributed by atoms with Gasteiger partial charge in [0.05, 0.1) is 11.6 Å². The summed E-state index contributed by atoms with van der Waals surface area (Å²) in [4.78, 5) is 0. The predicted octanol–water partition coefficient (Wildman–Crippen LogP) is 4.76. The van der Waals surface area contributed by atoms with Crippen LogP contribution >= 0.6 is 0 Å². The Morgan fingerprint density at radius 1 is 1.25 bits per heavy atom. The normalized spacial score (nSPS) is 12.1. The molecule has 0 bridgehead atoms. The fourth-order valence-corrected chi connectivity index (χ4v) is 1.81. The minimum atomic E-state index is -4.33. The third kappa shape index (κ3) is 4.76. The zero-order valence-electron chi connectivity index (χ0n) is 11.9. The van der Waals surface area contributed by atoms with Gasteiger partial charge in [0.1, 0.15) is 0 Å². The van der Waals surface area contributed by atoms with Gasteiger partial charge in [0, 0.05) is 18.7 Å². The zero-order chi connectivity index (χ0) is 15.4. The third-order valence-corrected chi connectivity index (χ3v) is 3.24. The van der Waals surface area contributed by atoms with Crippen molar-refractivity contribution >= 4 is 5.69 Å². The SMILES string of the molecule is Cc1ccc(C(F)(F)F)cc1NCC(C)(C)CCC#N. The van der Waals surface area contributed by atoms with Gasteiger partial charge in [-0.25, -0.2) is 0 Å². The highest BCUT2D eigenvalue weighted by molar-refractivity contribution is 5.53. The van der Waals surface area contributed by atoms with E-state index in [0.717, 1.165) is 17.7 Å². The Kier molecular flexibility index (Phi) is 5.04. The summed E-state index contributed by atoms with van der Waals surface area (Å²) in [5, 5.41) is 11.7. The standard InChI is InChI=1S/C15H19F3N2/c1-11-5-6-12(15(16,17)18)9-13(11)20-10-14(2,3)7-4-8-19/h5-6,9,20H,4,7,10H2,1-3H3. The highest BCUT2D eigenvalue weighted by atomic mass is 19.4. The minimum Gasteiger partial charge on any atom is -0.384 e. The molecule has 0 unspecified atom stereocenters. The number of rotatable bonds is 5. The molecule has 0 saturated carbocycles. The van der Waals surface area contributed by atoms with E-state index in [1.165, 1.54) is 6.07 Å². The Bertz CT molecular complexity index is 499. The van der Waals surface area contributed by atoms with E-state index in [2.05, 4.69) is 11.4 Å². The fraction of sp³-hybridized carbons (Fsp3) is 0.533. The number of hydrogen-bond donors (Lipinski definition) is 1. The first-order valence-electron chi connectivity index (χ1n) is 6.44. The average molecular weight is 284 g/mol. The molecule has 0 aliphatic rings. The molecule has 2 nitrogen and oxygen atoms in total. The summed E-state index contributed by atoms with van der Waals surface area (Å²) in [5.74, 6) is 0. The summed E-state index contributed by atoms with van der Waals surface area (Å²) < 4.78 is 38.0. The van der Waals surface area contributed by atoms with Crippen molar-refractivity contribution in [2.24, 2.45) is 5.41 Å². The topological polar surface area (TPSA) is 35.8 Å². The van der Waals surface area contributed by atoms with Gasteiger partial charge in [-0.05, 0) is 36.5 Å². The molecule has 0 aliphatic carbocycles. The first-order valence-corrected chi connectivity index (χ1v) is 6.44. The Labute approximate surface area is 117 Å². The third-order valence-electron chi connectivity index (χ3n) is 3.24. The maximum atomic E-state index is 12.7. The minimum absolute atomic E-state index is 0.142. The lowest BCUT2D eigenvalue weighted by atomic mass is 9.88. The monoisotopic (exact) mass is 284 g/mol. The van der Waals surface area contributed by atoms with Crippen LogP contribution in [0.4, 0.5) is 18.9 Å². The second-order valence-corrected chi connectivity index (χ2v) is 5.70. The molecule has 0 saturated heterocycles. The van der Waals surface area contributed by atoms with Crippen molar-refractivity contribution in [1.82, 2.24) is 0 Å². The Morgan fingerprint density at radius 2 is 1.90 bits per heavy atom. The van der Waals surface area contributed by atoms with Crippen LogP contribution < -0.4 is 5.32 Å². The first kappa shape index (κ1) is 16.4. The van der Waals surface area contributed by atoms with Crippen molar-refractivity contribution in [3.63, 3.8) is 0 Å². The molecule has 5 heteroatoms. The van der Waals surface area contributed by atoms with E-state index < -0.39 is 11.7 Å². The maximum Gasteiger partial charge on any atom is 0.416 e. The number of nitriles is 1. The number of hydrogen-bond acceptors (Lipinski definition) is 2. The summed E-state index contributed by atoms with van der Waals surface area (Å²) in [7, 11) is 0. The highest BCUT2D eigenvalue weighted by Gasteiger charge is 2.30. The number of alkyl halides is 3. The lowest BCUT2D eigenvalue weighted by molar-refractivity contribution is -0.137. The molecule has 0 heterocycles. The molecule has 1 rings (SSSR count). The van der Waals surface area contributed by atoms with Crippen LogP contribution in [0.15, 0.2) is 18.2 Å². The van der Waals surface area contributed by atoms with E-state index in [1.54, 1.807) is 6.92 Å². The van der Waals surface area contributed by atoms with Crippen molar-refractivity contribution in [1.29, 1.82) is 5.26 Å². The van der Waals surface area contributed by atoms with Gasteiger partial charge in [0.25, 0.3) is 0 Å². The molecule has 1 aromatic carbocycles. The molecule has 0 radical (unpaired) electrons. The summed E-state index contributed by atoms with van der Waals surface area (Å²) in [6, 6.07) is 5.77. The molecule has 1 aromatic rings. The second-order valence-electron chi connectivity index (χ2n) is 5.70. The van der Waals surface area contributed by atoms with Crippen molar-refractivity contribution in [2.45, 2.75) is 39.8 Å². The van der Waals surface area contributed by atoms with E-state index in [-0.39, 0.29) is 5.41 Å². The van der Waals surface area contributed by atoms with Gasteiger partial charge in [-0.1, -0.05) is 19.9 Å². The van der Waals surface area contributed by atoms with Gasteiger partial charge < -0.3 is 5.32 Å². The zero-order valence-corrected chi connectivity index (χ0v) is 11.9.